The lowest BCUT2D eigenvalue weighted by atomic mass is 10.1. The van der Waals surface area contributed by atoms with Gasteiger partial charge in [0.1, 0.15) is 0 Å². The lowest BCUT2D eigenvalue weighted by Crippen LogP contribution is -2.49. The molecule has 2 saturated heterocycles. The van der Waals surface area contributed by atoms with E-state index in [-0.39, 0.29) is 29.6 Å². The van der Waals surface area contributed by atoms with E-state index in [1.807, 2.05) is 0 Å². The van der Waals surface area contributed by atoms with Crippen LogP contribution in [0.1, 0.15) is 32.6 Å². The minimum absolute atomic E-state index is 0.0331. The molecule has 98 valence electrons. The fraction of sp³-hybridized carbons (Fsp3) is 0.909. The minimum Gasteiger partial charge on any atom is -0.322 e. The quantitative estimate of drug-likeness (QED) is 0.783. The first-order chi connectivity index (χ1) is 8.03. The number of nitrogens with zero attached hydrogens (tertiary/aromatic N) is 1. The standard InChI is InChI=1S/C11H20N2O3S/c1-2-4-10-12-7-11(14)13(10)9-5-3-6-17(15,16)8-9/h9-10,12H,2-8H2,1H3. The second kappa shape index (κ2) is 4.94. The van der Waals surface area contributed by atoms with Crippen LogP contribution >= 0.6 is 0 Å². The van der Waals surface area contributed by atoms with Gasteiger partial charge in [0.05, 0.1) is 24.2 Å². The van der Waals surface area contributed by atoms with Gasteiger partial charge in [0.25, 0.3) is 0 Å². The second-order valence-corrected chi connectivity index (χ2v) is 7.13. The van der Waals surface area contributed by atoms with Crippen molar-refractivity contribution in [3.05, 3.63) is 0 Å². The van der Waals surface area contributed by atoms with Gasteiger partial charge in [0.2, 0.25) is 5.91 Å². The zero-order chi connectivity index (χ0) is 12.5. The van der Waals surface area contributed by atoms with Gasteiger partial charge >= 0.3 is 0 Å². The summed E-state index contributed by atoms with van der Waals surface area (Å²) < 4.78 is 23.3. The Bertz CT molecular complexity index is 394. The molecule has 0 saturated carbocycles. The summed E-state index contributed by atoms with van der Waals surface area (Å²) in [5.41, 5.74) is 0. The predicted molar refractivity (Wildman–Crippen MR) is 65.2 cm³/mol. The minimum atomic E-state index is -2.95. The van der Waals surface area contributed by atoms with E-state index < -0.39 is 9.84 Å². The molecule has 2 rings (SSSR count). The van der Waals surface area contributed by atoms with Crippen LogP contribution in [0.3, 0.4) is 0 Å². The molecular formula is C11H20N2O3S. The van der Waals surface area contributed by atoms with Crippen LogP contribution in [0.15, 0.2) is 0 Å². The molecular weight excluding hydrogens is 240 g/mol. The Morgan fingerprint density at radius 2 is 2.24 bits per heavy atom. The highest BCUT2D eigenvalue weighted by Gasteiger charge is 2.38. The van der Waals surface area contributed by atoms with Crippen LogP contribution in [0.25, 0.3) is 0 Å². The van der Waals surface area contributed by atoms with Crippen molar-refractivity contribution in [3.63, 3.8) is 0 Å². The molecule has 0 bridgehead atoms. The van der Waals surface area contributed by atoms with Crippen molar-refractivity contribution in [3.8, 4) is 0 Å². The third-order valence-corrected chi connectivity index (χ3v) is 5.31. The lowest BCUT2D eigenvalue weighted by molar-refractivity contribution is -0.130. The summed E-state index contributed by atoms with van der Waals surface area (Å²) in [7, 11) is -2.95. The van der Waals surface area contributed by atoms with Gasteiger partial charge in [0, 0.05) is 6.04 Å². The molecule has 2 fully saturated rings. The smallest absolute Gasteiger partial charge is 0.238 e. The van der Waals surface area contributed by atoms with Crippen LogP contribution in [0.4, 0.5) is 0 Å². The molecule has 2 aliphatic heterocycles. The molecule has 1 amide bonds. The van der Waals surface area contributed by atoms with Gasteiger partial charge in [0.15, 0.2) is 9.84 Å². The molecule has 0 spiro atoms. The maximum atomic E-state index is 11.8. The maximum Gasteiger partial charge on any atom is 0.238 e. The Balaban J connectivity index is 2.11. The number of sulfone groups is 1. The SMILES string of the molecule is CCCC1NCC(=O)N1C1CCCS(=O)(=O)C1. The van der Waals surface area contributed by atoms with Crippen molar-refractivity contribution in [1.29, 1.82) is 0 Å². The van der Waals surface area contributed by atoms with Crippen molar-refractivity contribution >= 4 is 15.7 Å². The normalized spacial score (nSPS) is 33.0. The van der Waals surface area contributed by atoms with Crippen molar-refractivity contribution in [2.45, 2.75) is 44.8 Å². The van der Waals surface area contributed by atoms with Crippen molar-refractivity contribution in [2.75, 3.05) is 18.1 Å². The molecule has 2 aliphatic rings. The Hall–Kier alpha value is -0.620. The largest absolute Gasteiger partial charge is 0.322 e. The second-order valence-electron chi connectivity index (χ2n) is 4.90. The summed E-state index contributed by atoms with van der Waals surface area (Å²) in [5, 5.41) is 3.16. The summed E-state index contributed by atoms with van der Waals surface area (Å²) in [6.07, 6.45) is 3.40. The fourth-order valence-electron chi connectivity index (χ4n) is 2.76. The first kappa shape index (κ1) is 12.8. The van der Waals surface area contributed by atoms with E-state index in [1.54, 1.807) is 4.90 Å². The average molecular weight is 260 g/mol. The number of hydrogen-bond acceptors (Lipinski definition) is 4. The fourth-order valence-corrected chi connectivity index (χ4v) is 4.45. The van der Waals surface area contributed by atoms with E-state index in [0.717, 1.165) is 19.3 Å². The third kappa shape index (κ3) is 2.80. The summed E-state index contributed by atoms with van der Waals surface area (Å²) >= 11 is 0. The lowest BCUT2D eigenvalue weighted by Gasteiger charge is -2.34. The summed E-state index contributed by atoms with van der Waals surface area (Å²) in [5.74, 6) is 0.462. The molecule has 2 atom stereocenters. The molecule has 0 aliphatic carbocycles. The zero-order valence-electron chi connectivity index (χ0n) is 10.2. The maximum absolute atomic E-state index is 11.8. The summed E-state index contributed by atoms with van der Waals surface area (Å²) in [6.45, 7) is 2.42. The molecule has 2 heterocycles. The zero-order valence-corrected chi connectivity index (χ0v) is 11.0. The topological polar surface area (TPSA) is 66.5 Å². The first-order valence-corrected chi connectivity index (χ1v) is 8.10. The highest BCUT2D eigenvalue weighted by molar-refractivity contribution is 7.91. The Labute approximate surface area is 102 Å². The van der Waals surface area contributed by atoms with Gasteiger partial charge in [-0.25, -0.2) is 8.42 Å². The van der Waals surface area contributed by atoms with Gasteiger partial charge in [-0.05, 0) is 19.3 Å². The van der Waals surface area contributed by atoms with E-state index in [9.17, 15) is 13.2 Å². The third-order valence-electron chi connectivity index (χ3n) is 3.51. The van der Waals surface area contributed by atoms with E-state index in [2.05, 4.69) is 12.2 Å². The molecule has 6 heteroatoms. The number of carbonyl (C=O) groups is 1. The van der Waals surface area contributed by atoms with Gasteiger partial charge < -0.3 is 4.90 Å². The van der Waals surface area contributed by atoms with Crippen LogP contribution in [0.5, 0.6) is 0 Å². The highest BCUT2D eigenvalue weighted by Crippen LogP contribution is 2.23. The van der Waals surface area contributed by atoms with Gasteiger partial charge in [-0.3, -0.25) is 10.1 Å². The number of amides is 1. The van der Waals surface area contributed by atoms with Gasteiger partial charge in [-0.1, -0.05) is 13.3 Å². The molecule has 0 aromatic heterocycles. The van der Waals surface area contributed by atoms with Crippen LogP contribution in [0.2, 0.25) is 0 Å². The van der Waals surface area contributed by atoms with Gasteiger partial charge in [-0.15, -0.1) is 0 Å². The van der Waals surface area contributed by atoms with Crippen molar-refractivity contribution in [1.82, 2.24) is 10.2 Å². The van der Waals surface area contributed by atoms with Crippen LogP contribution in [0, 0.1) is 0 Å². The molecule has 2 unspecified atom stereocenters. The number of nitrogens with one attached hydrogen (secondary N) is 1. The van der Waals surface area contributed by atoms with Crippen LogP contribution < -0.4 is 5.32 Å². The Morgan fingerprint density at radius 1 is 1.47 bits per heavy atom. The average Bonchev–Trinajstić information content (AvgIpc) is 2.59. The Kier molecular flexibility index (Phi) is 3.73. The number of hydrogen-bond donors (Lipinski definition) is 1. The van der Waals surface area contributed by atoms with Crippen molar-refractivity contribution in [2.24, 2.45) is 0 Å². The van der Waals surface area contributed by atoms with E-state index in [0.29, 0.717) is 13.0 Å². The van der Waals surface area contributed by atoms with E-state index >= 15 is 0 Å². The summed E-state index contributed by atoms with van der Waals surface area (Å²) in [6, 6.07) is -0.118. The summed E-state index contributed by atoms with van der Waals surface area (Å²) in [4.78, 5) is 13.6. The van der Waals surface area contributed by atoms with Crippen LogP contribution in [-0.2, 0) is 14.6 Å². The number of rotatable bonds is 3. The van der Waals surface area contributed by atoms with E-state index in [4.69, 9.17) is 0 Å². The molecule has 5 nitrogen and oxygen atoms in total. The molecule has 17 heavy (non-hydrogen) atoms. The van der Waals surface area contributed by atoms with Gasteiger partial charge in [-0.2, -0.15) is 0 Å². The molecule has 0 radical (unpaired) electrons. The molecule has 0 aromatic carbocycles. The monoisotopic (exact) mass is 260 g/mol. The van der Waals surface area contributed by atoms with E-state index in [1.165, 1.54) is 0 Å². The number of carbonyl (C=O) groups excluding carboxylic acids is 1. The van der Waals surface area contributed by atoms with Crippen LogP contribution in [-0.4, -0.2) is 49.5 Å². The predicted octanol–water partition coefficient (Wildman–Crippen LogP) is 0.122. The molecule has 0 aromatic rings. The van der Waals surface area contributed by atoms with Crippen molar-refractivity contribution < 1.29 is 13.2 Å². The first-order valence-electron chi connectivity index (χ1n) is 6.28. The Morgan fingerprint density at radius 3 is 2.88 bits per heavy atom. The molecule has 1 N–H and O–H groups in total. The highest BCUT2D eigenvalue weighted by atomic mass is 32.2.